The van der Waals surface area contributed by atoms with E-state index >= 15 is 0 Å². The molecule has 0 radical (unpaired) electrons. The lowest BCUT2D eigenvalue weighted by molar-refractivity contribution is -0.139. The zero-order valence-corrected chi connectivity index (χ0v) is 19.0. The van der Waals surface area contributed by atoms with E-state index in [4.69, 9.17) is 16.0 Å². The molecule has 0 aliphatic carbocycles. The Balaban J connectivity index is 1.31. The van der Waals surface area contributed by atoms with Crippen LogP contribution >= 0.6 is 11.6 Å². The van der Waals surface area contributed by atoms with Gasteiger partial charge in [-0.25, -0.2) is 0 Å². The molecule has 1 saturated heterocycles. The third-order valence-corrected chi connectivity index (χ3v) is 6.03. The van der Waals surface area contributed by atoms with Crippen LogP contribution in [0.2, 0.25) is 5.02 Å². The molecule has 8 heteroatoms. The number of amides is 2. The number of nitrogens with one attached hydrogen (secondary N) is 2. The summed E-state index contributed by atoms with van der Waals surface area (Å²) in [5.74, 6) is -0.564. The van der Waals surface area contributed by atoms with E-state index in [2.05, 4.69) is 32.6 Å². The molecule has 4 rings (SSSR count). The third kappa shape index (κ3) is 6.15. The van der Waals surface area contributed by atoms with E-state index in [0.29, 0.717) is 5.02 Å². The van der Waals surface area contributed by atoms with Crippen LogP contribution in [0.4, 0.5) is 5.69 Å². The second kappa shape index (κ2) is 11.0. The largest absolute Gasteiger partial charge is 0.468 e. The average molecular weight is 467 g/mol. The number of hydrogen-bond donors (Lipinski definition) is 2. The van der Waals surface area contributed by atoms with Crippen molar-refractivity contribution in [3.8, 4) is 0 Å². The first kappa shape index (κ1) is 22.9. The van der Waals surface area contributed by atoms with Crippen molar-refractivity contribution in [1.29, 1.82) is 0 Å². The van der Waals surface area contributed by atoms with Gasteiger partial charge in [-0.2, -0.15) is 0 Å². The summed E-state index contributed by atoms with van der Waals surface area (Å²) in [6.07, 6.45) is 1.63. The summed E-state index contributed by atoms with van der Waals surface area (Å²) < 4.78 is 5.65. The van der Waals surface area contributed by atoms with Gasteiger partial charge in [0.1, 0.15) is 5.76 Å². The summed E-state index contributed by atoms with van der Waals surface area (Å²) >= 11 is 5.88. The van der Waals surface area contributed by atoms with Gasteiger partial charge in [0.05, 0.1) is 12.3 Å². The van der Waals surface area contributed by atoms with Gasteiger partial charge in [0.15, 0.2) is 0 Å². The molecule has 2 aromatic carbocycles. The van der Waals surface area contributed by atoms with Crippen molar-refractivity contribution in [1.82, 2.24) is 15.5 Å². The predicted octanol–water partition coefficient (Wildman–Crippen LogP) is 3.23. The van der Waals surface area contributed by atoms with E-state index in [9.17, 15) is 9.59 Å². The van der Waals surface area contributed by atoms with Gasteiger partial charge >= 0.3 is 11.8 Å². The molecule has 0 bridgehead atoms. The minimum absolute atomic E-state index is 0.147. The van der Waals surface area contributed by atoms with Crippen LogP contribution in [-0.2, 0) is 16.1 Å². The highest BCUT2D eigenvalue weighted by molar-refractivity contribution is 6.35. The maximum absolute atomic E-state index is 12.4. The molecule has 1 aromatic heterocycles. The van der Waals surface area contributed by atoms with Crippen LogP contribution in [0.5, 0.6) is 0 Å². The summed E-state index contributed by atoms with van der Waals surface area (Å²) in [6, 6.07) is 21.0. The molecule has 0 unspecified atom stereocenters. The Bertz CT molecular complexity index is 1030. The zero-order chi connectivity index (χ0) is 23.0. The molecule has 2 heterocycles. The third-order valence-electron chi connectivity index (χ3n) is 5.78. The maximum Gasteiger partial charge on any atom is 0.309 e. The Morgan fingerprint density at radius 3 is 2.24 bits per heavy atom. The van der Waals surface area contributed by atoms with Gasteiger partial charge in [-0.15, -0.1) is 0 Å². The van der Waals surface area contributed by atoms with Crippen LogP contribution in [0.25, 0.3) is 0 Å². The normalized spacial score (nSPS) is 15.1. The van der Waals surface area contributed by atoms with Gasteiger partial charge in [-0.05, 0) is 42.0 Å². The number of carbonyl (C=O) groups is 2. The van der Waals surface area contributed by atoms with Gasteiger partial charge in [-0.1, -0.05) is 41.9 Å². The van der Waals surface area contributed by atoms with Crippen molar-refractivity contribution < 1.29 is 14.0 Å². The van der Waals surface area contributed by atoms with Gasteiger partial charge in [0, 0.05) is 50.0 Å². The van der Waals surface area contributed by atoms with Crippen LogP contribution in [-0.4, -0.2) is 49.4 Å². The number of para-hydroxylation sites is 1. The lowest BCUT2D eigenvalue weighted by atomic mass is 10.1. The van der Waals surface area contributed by atoms with E-state index in [1.807, 2.05) is 42.5 Å². The second-order valence-corrected chi connectivity index (χ2v) is 8.35. The van der Waals surface area contributed by atoms with Crippen molar-refractivity contribution in [2.24, 2.45) is 0 Å². The van der Waals surface area contributed by atoms with Gasteiger partial charge < -0.3 is 20.0 Å². The molecular weight excluding hydrogens is 440 g/mol. The maximum atomic E-state index is 12.4. The molecule has 1 fully saturated rings. The lowest BCUT2D eigenvalue weighted by Gasteiger charge is -2.39. The number of anilines is 1. The van der Waals surface area contributed by atoms with Crippen molar-refractivity contribution in [2.45, 2.75) is 12.6 Å². The average Bonchev–Trinajstić information content (AvgIpc) is 3.39. The highest BCUT2D eigenvalue weighted by Gasteiger charge is 2.28. The number of nitrogens with zero attached hydrogens (tertiary/aromatic N) is 2. The lowest BCUT2D eigenvalue weighted by Crippen LogP contribution is -2.50. The van der Waals surface area contributed by atoms with Crippen LogP contribution in [0.1, 0.15) is 17.4 Å². The quantitative estimate of drug-likeness (QED) is 0.523. The number of halogens is 1. The molecule has 3 aromatic rings. The molecule has 2 N–H and O–H groups in total. The second-order valence-electron chi connectivity index (χ2n) is 7.91. The highest BCUT2D eigenvalue weighted by atomic mass is 35.5. The van der Waals surface area contributed by atoms with E-state index in [1.54, 1.807) is 18.4 Å². The minimum Gasteiger partial charge on any atom is -0.468 e. The molecule has 1 aliphatic rings. The molecule has 1 atom stereocenters. The molecule has 0 spiro atoms. The van der Waals surface area contributed by atoms with Gasteiger partial charge in [0.25, 0.3) is 0 Å². The van der Waals surface area contributed by atoms with Crippen molar-refractivity contribution in [3.63, 3.8) is 0 Å². The van der Waals surface area contributed by atoms with E-state index in [0.717, 1.165) is 37.5 Å². The monoisotopic (exact) mass is 466 g/mol. The van der Waals surface area contributed by atoms with Gasteiger partial charge in [-0.3, -0.25) is 14.5 Å². The molecule has 1 aliphatic heterocycles. The smallest absolute Gasteiger partial charge is 0.309 e. The Hall–Kier alpha value is -3.29. The number of furan rings is 1. The number of hydrogen-bond acceptors (Lipinski definition) is 5. The molecule has 172 valence electrons. The summed E-state index contributed by atoms with van der Waals surface area (Å²) in [7, 11) is 0. The predicted molar refractivity (Wildman–Crippen MR) is 128 cm³/mol. The van der Waals surface area contributed by atoms with Crippen LogP contribution in [0, 0.1) is 0 Å². The van der Waals surface area contributed by atoms with E-state index < -0.39 is 11.8 Å². The standard InChI is InChI=1S/C25H27ClN4O3/c26-20-10-8-19(9-11-20)17-27-24(31)25(32)28-18-22(23-7-4-16-33-23)30-14-12-29(13-15-30)21-5-2-1-3-6-21/h1-11,16,22H,12-15,17-18H2,(H,27,31)(H,28,32)/t22-/m0/s1. The molecule has 0 saturated carbocycles. The minimum atomic E-state index is -0.669. The number of rotatable bonds is 7. The SMILES string of the molecule is O=C(NCc1ccc(Cl)cc1)C(=O)NC[C@@H](c1ccco1)N1CCN(c2ccccc2)CC1. The first-order valence-corrected chi connectivity index (χ1v) is 11.4. The fraction of sp³-hybridized carbons (Fsp3) is 0.280. The number of piperazine rings is 1. The fourth-order valence-corrected chi connectivity index (χ4v) is 4.08. The first-order valence-electron chi connectivity index (χ1n) is 11.0. The van der Waals surface area contributed by atoms with Crippen LogP contribution < -0.4 is 15.5 Å². The zero-order valence-electron chi connectivity index (χ0n) is 18.2. The summed E-state index contributed by atoms with van der Waals surface area (Å²) in [4.78, 5) is 29.3. The summed E-state index contributed by atoms with van der Waals surface area (Å²) in [6.45, 7) is 3.92. The van der Waals surface area contributed by atoms with Crippen molar-refractivity contribution in [3.05, 3.63) is 89.3 Å². The Morgan fingerprint density at radius 2 is 1.58 bits per heavy atom. The summed E-state index contributed by atoms with van der Waals surface area (Å²) in [5, 5.41) is 6.03. The molecule has 33 heavy (non-hydrogen) atoms. The molecule has 7 nitrogen and oxygen atoms in total. The van der Waals surface area contributed by atoms with Crippen LogP contribution in [0.15, 0.2) is 77.4 Å². The van der Waals surface area contributed by atoms with Crippen LogP contribution in [0.3, 0.4) is 0 Å². The van der Waals surface area contributed by atoms with E-state index in [1.165, 1.54) is 5.69 Å². The summed E-state index contributed by atoms with van der Waals surface area (Å²) in [5.41, 5.74) is 2.07. The fourth-order valence-electron chi connectivity index (χ4n) is 3.96. The Kier molecular flexibility index (Phi) is 7.65. The number of benzene rings is 2. The molecule has 2 amide bonds. The Morgan fingerprint density at radius 1 is 0.879 bits per heavy atom. The number of carbonyl (C=O) groups excluding carboxylic acids is 2. The Labute approximate surface area is 198 Å². The van der Waals surface area contributed by atoms with Crippen molar-refractivity contribution in [2.75, 3.05) is 37.6 Å². The first-order chi connectivity index (χ1) is 16.1. The highest BCUT2D eigenvalue weighted by Crippen LogP contribution is 2.24. The van der Waals surface area contributed by atoms with Crippen molar-refractivity contribution >= 4 is 29.1 Å². The van der Waals surface area contributed by atoms with Gasteiger partial charge in [0.2, 0.25) is 0 Å². The van der Waals surface area contributed by atoms with E-state index in [-0.39, 0.29) is 19.1 Å². The molecular formula is C25H27ClN4O3. The topological polar surface area (TPSA) is 77.8 Å².